The van der Waals surface area contributed by atoms with E-state index in [1.807, 2.05) is 0 Å². The summed E-state index contributed by atoms with van der Waals surface area (Å²) in [4.78, 5) is 28.4. The molecular formula is C17H21ClFN3O2. The van der Waals surface area contributed by atoms with Gasteiger partial charge in [-0.05, 0) is 25.0 Å². The molecule has 1 aromatic carbocycles. The van der Waals surface area contributed by atoms with Crippen LogP contribution in [0.4, 0.5) is 4.39 Å². The molecule has 0 bridgehead atoms. The van der Waals surface area contributed by atoms with Crippen LogP contribution in [0.15, 0.2) is 18.2 Å². The molecule has 130 valence electrons. The highest BCUT2D eigenvalue weighted by molar-refractivity contribution is 6.33. The zero-order valence-corrected chi connectivity index (χ0v) is 14.2. The molecule has 3 rings (SSSR count). The van der Waals surface area contributed by atoms with Crippen molar-refractivity contribution in [2.45, 2.75) is 31.2 Å². The fraction of sp³-hybridized carbons (Fsp3) is 0.529. The first-order valence-electron chi connectivity index (χ1n) is 8.24. The van der Waals surface area contributed by atoms with Crippen molar-refractivity contribution >= 4 is 23.4 Å². The van der Waals surface area contributed by atoms with Gasteiger partial charge in [0.2, 0.25) is 5.91 Å². The Hall–Kier alpha value is -1.66. The molecule has 7 heteroatoms. The van der Waals surface area contributed by atoms with Crippen LogP contribution in [0.25, 0.3) is 0 Å². The van der Waals surface area contributed by atoms with Gasteiger partial charge in [0.05, 0.1) is 16.1 Å². The topological polar surface area (TPSA) is 66.6 Å². The van der Waals surface area contributed by atoms with Crippen molar-refractivity contribution in [1.29, 1.82) is 0 Å². The van der Waals surface area contributed by atoms with Gasteiger partial charge in [0.25, 0.3) is 5.91 Å². The Balaban J connectivity index is 1.65. The zero-order chi connectivity index (χ0) is 17.3. The van der Waals surface area contributed by atoms with E-state index in [-0.39, 0.29) is 16.5 Å². The van der Waals surface area contributed by atoms with Gasteiger partial charge in [0.1, 0.15) is 5.82 Å². The van der Waals surface area contributed by atoms with Crippen LogP contribution in [0, 0.1) is 5.82 Å². The normalized spacial score (nSPS) is 20.3. The van der Waals surface area contributed by atoms with Crippen LogP contribution in [0.5, 0.6) is 0 Å². The van der Waals surface area contributed by atoms with Crippen molar-refractivity contribution in [3.05, 3.63) is 34.6 Å². The minimum absolute atomic E-state index is 0.0315. The molecule has 0 aromatic heterocycles. The van der Waals surface area contributed by atoms with Gasteiger partial charge in [-0.1, -0.05) is 30.5 Å². The Kier molecular flexibility index (Phi) is 4.78. The summed E-state index contributed by atoms with van der Waals surface area (Å²) < 4.78 is 13.9. The maximum absolute atomic E-state index is 13.9. The van der Waals surface area contributed by atoms with Gasteiger partial charge >= 0.3 is 0 Å². The molecular weight excluding hydrogens is 333 g/mol. The monoisotopic (exact) mass is 353 g/mol. The second-order valence-corrected chi connectivity index (χ2v) is 6.95. The summed E-state index contributed by atoms with van der Waals surface area (Å²) in [6.07, 6.45) is 3.39. The van der Waals surface area contributed by atoms with Gasteiger partial charge in [-0.25, -0.2) is 4.39 Å². The molecule has 0 radical (unpaired) electrons. The van der Waals surface area contributed by atoms with Crippen LogP contribution in [-0.2, 0) is 4.79 Å². The van der Waals surface area contributed by atoms with Crippen LogP contribution in [0.3, 0.4) is 0 Å². The predicted molar refractivity (Wildman–Crippen MR) is 89.3 cm³/mol. The first-order valence-corrected chi connectivity index (χ1v) is 8.62. The standard InChI is InChI=1S/C17H21ClFN3O2/c18-12-4-3-5-13(19)14(12)15(23)21-8-10-22(11-9-21)16(24)17(20)6-1-2-7-17/h3-5H,1-2,6-11,20H2. The van der Waals surface area contributed by atoms with Crippen molar-refractivity contribution in [1.82, 2.24) is 9.80 Å². The minimum Gasteiger partial charge on any atom is -0.338 e. The van der Waals surface area contributed by atoms with Gasteiger partial charge in [-0.2, -0.15) is 0 Å². The molecule has 5 nitrogen and oxygen atoms in total. The number of nitrogens with zero attached hydrogens (tertiary/aromatic N) is 2. The van der Waals surface area contributed by atoms with Gasteiger partial charge in [-0.3, -0.25) is 9.59 Å². The number of carbonyl (C=O) groups excluding carboxylic acids is 2. The summed E-state index contributed by atoms with van der Waals surface area (Å²) in [6.45, 7) is 1.53. The summed E-state index contributed by atoms with van der Waals surface area (Å²) in [5.41, 5.74) is 5.36. The molecule has 2 N–H and O–H groups in total. The van der Waals surface area contributed by atoms with Crippen LogP contribution in [0.1, 0.15) is 36.0 Å². The lowest BCUT2D eigenvalue weighted by atomic mass is 9.97. The lowest BCUT2D eigenvalue weighted by Crippen LogP contribution is -2.59. The van der Waals surface area contributed by atoms with E-state index in [2.05, 4.69) is 0 Å². The fourth-order valence-electron chi connectivity index (χ4n) is 3.51. The molecule has 0 unspecified atom stereocenters. The molecule has 1 aliphatic heterocycles. The molecule has 2 aliphatic rings. The van der Waals surface area contributed by atoms with Gasteiger partial charge in [0, 0.05) is 26.2 Å². The molecule has 1 heterocycles. The third-order valence-corrected chi connectivity index (χ3v) is 5.27. The van der Waals surface area contributed by atoms with Crippen LogP contribution in [0.2, 0.25) is 5.02 Å². The Labute approximate surface area is 145 Å². The maximum atomic E-state index is 13.9. The summed E-state index contributed by atoms with van der Waals surface area (Å²) in [5.74, 6) is -1.09. The Bertz CT molecular complexity index is 633. The third kappa shape index (κ3) is 3.13. The van der Waals surface area contributed by atoms with Gasteiger partial charge in [0.15, 0.2) is 0 Å². The number of halogens is 2. The Morgan fingerprint density at radius 1 is 1.08 bits per heavy atom. The molecule has 24 heavy (non-hydrogen) atoms. The number of benzene rings is 1. The van der Waals surface area contributed by atoms with Crippen molar-refractivity contribution < 1.29 is 14.0 Å². The average Bonchev–Trinajstić information content (AvgIpc) is 3.02. The Morgan fingerprint density at radius 3 is 2.25 bits per heavy atom. The van der Waals surface area contributed by atoms with Gasteiger partial charge in [-0.15, -0.1) is 0 Å². The van der Waals surface area contributed by atoms with E-state index < -0.39 is 17.3 Å². The molecule has 1 saturated carbocycles. The van der Waals surface area contributed by atoms with E-state index in [0.717, 1.165) is 25.7 Å². The molecule has 2 amide bonds. The smallest absolute Gasteiger partial charge is 0.258 e. The van der Waals surface area contributed by atoms with E-state index in [4.69, 9.17) is 17.3 Å². The van der Waals surface area contributed by atoms with E-state index in [1.165, 1.54) is 23.1 Å². The number of nitrogens with two attached hydrogens (primary N) is 1. The first-order chi connectivity index (χ1) is 11.4. The highest BCUT2D eigenvalue weighted by Crippen LogP contribution is 2.29. The quantitative estimate of drug-likeness (QED) is 0.884. The Morgan fingerprint density at radius 2 is 1.67 bits per heavy atom. The summed E-state index contributed by atoms with van der Waals surface area (Å²) in [6, 6.07) is 4.18. The lowest BCUT2D eigenvalue weighted by Gasteiger charge is -2.38. The second kappa shape index (κ2) is 6.69. The average molecular weight is 354 g/mol. The van der Waals surface area contributed by atoms with Crippen molar-refractivity contribution in [2.24, 2.45) is 5.73 Å². The molecule has 1 aliphatic carbocycles. The van der Waals surface area contributed by atoms with Crippen molar-refractivity contribution in [3.63, 3.8) is 0 Å². The first kappa shape index (κ1) is 17.2. The number of piperazine rings is 1. The summed E-state index contributed by atoms with van der Waals surface area (Å²) >= 11 is 5.96. The number of hydrogen-bond donors (Lipinski definition) is 1. The van der Waals surface area contributed by atoms with E-state index in [1.54, 1.807) is 4.90 Å². The predicted octanol–water partition coefficient (Wildman–Crippen LogP) is 2.04. The van der Waals surface area contributed by atoms with E-state index >= 15 is 0 Å². The number of rotatable bonds is 2. The third-order valence-electron chi connectivity index (χ3n) is 4.95. The number of hydrogen-bond acceptors (Lipinski definition) is 3. The molecule has 1 saturated heterocycles. The minimum atomic E-state index is -0.749. The van der Waals surface area contributed by atoms with Crippen LogP contribution in [-0.4, -0.2) is 53.3 Å². The second-order valence-electron chi connectivity index (χ2n) is 6.54. The van der Waals surface area contributed by atoms with Crippen LogP contribution >= 0.6 is 11.6 Å². The fourth-order valence-corrected chi connectivity index (χ4v) is 3.75. The largest absolute Gasteiger partial charge is 0.338 e. The molecule has 0 atom stereocenters. The summed E-state index contributed by atoms with van der Waals surface area (Å²) in [7, 11) is 0. The SMILES string of the molecule is NC1(C(=O)N2CCN(C(=O)c3c(F)cccc3Cl)CC2)CCCC1. The van der Waals surface area contributed by atoms with Crippen molar-refractivity contribution in [2.75, 3.05) is 26.2 Å². The number of amides is 2. The number of carbonyl (C=O) groups is 2. The highest BCUT2D eigenvalue weighted by Gasteiger charge is 2.41. The lowest BCUT2D eigenvalue weighted by molar-refractivity contribution is -0.138. The maximum Gasteiger partial charge on any atom is 0.258 e. The summed E-state index contributed by atoms with van der Waals surface area (Å²) in [5, 5.41) is 0.102. The molecule has 2 fully saturated rings. The highest BCUT2D eigenvalue weighted by atomic mass is 35.5. The van der Waals surface area contributed by atoms with E-state index in [0.29, 0.717) is 26.2 Å². The van der Waals surface area contributed by atoms with Crippen LogP contribution < -0.4 is 5.73 Å². The van der Waals surface area contributed by atoms with Crippen molar-refractivity contribution in [3.8, 4) is 0 Å². The van der Waals surface area contributed by atoms with Gasteiger partial charge < -0.3 is 15.5 Å². The zero-order valence-electron chi connectivity index (χ0n) is 13.4. The molecule has 1 aromatic rings. The van der Waals surface area contributed by atoms with E-state index in [9.17, 15) is 14.0 Å². The molecule has 0 spiro atoms.